The lowest BCUT2D eigenvalue weighted by Crippen LogP contribution is -2.54. The normalized spacial score (nSPS) is 23.3. The molecule has 2 fully saturated rings. The van der Waals surface area contributed by atoms with Crippen molar-refractivity contribution in [2.45, 2.75) is 52.0 Å². The van der Waals surface area contributed by atoms with E-state index in [1.54, 1.807) is 12.4 Å². The summed E-state index contributed by atoms with van der Waals surface area (Å²) < 4.78 is 5.40. The van der Waals surface area contributed by atoms with Gasteiger partial charge in [-0.25, -0.2) is 4.79 Å². The Hall–Kier alpha value is -2.11. The Morgan fingerprint density at radius 3 is 2.85 bits per heavy atom. The molecule has 1 atom stereocenters. The van der Waals surface area contributed by atoms with Crippen LogP contribution in [-0.2, 0) is 16.1 Å². The molecule has 0 radical (unpaired) electrons. The van der Waals surface area contributed by atoms with Crippen LogP contribution in [0.1, 0.15) is 51.0 Å². The lowest BCUT2D eigenvalue weighted by atomic mass is 9.73. The van der Waals surface area contributed by atoms with Gasteiger partial charge in [0, 0.05) is 50.4 Å². The molecule has 6 nitrogen and oxygen atoms in total. The number of pyridine rings is 1. The number of rotatable bonds is 5. The Morgan fingerprint density at radius 1 is 1.27 bits per heavy atom. The minimum absolute atomic E-state index is 0.00294. The van der Waals surface area contributed by atoms with E-state index < -0.39 is 0 Å². The molecule has 0 N–H and O–H groups in total. The first-order valence-corrected chi connectivity index (χ1v) is 9.70. The number of nitrogens with zero attached hydrogens (tertiary/aromatic N) is 3. The van der Waals surface area contributed by atoms with Crippen LogP contribution in [0.25, 0.3) is 0 Å². The zero-order valence-electron chi connectivity index (χ0n) is 15.7. The van der Waals surface area contributed by atoms with E-state index in [-0.39, 0.29) is 17.4 Å². The summed E-state index contributed by atoms with van der Waals surface area (Å²) in [5.41, 5.74) is 1.10. The summed E-state index contributed by atoms with van der Waals surface area (Å²) >= 11 is 0. The number of aromatic nitrogens is 1. The van der Waals surface area contributed by atoms with E-state index in [0.29, 0.717) is 32.7 Å². The zero-order chi connectivity index (χ0) is 18.4. The fourth-order valence-electron chi connectivity index (χ4n) is 4.05. The fraction of sp³-hybridized carbons (Fsp3) is 0.650. The van der Waals surface area contributed by atoms with Crippen molar-refractivity contribution in [1.29, 1.82) is 0 Å². The van der Waals surface area contributed by atoms with Gasteiger partial charge in [-0.15, -0.1) is 0 Å². The van der Waals surface area contributed by atoms with Gasteiger partial charge >= 0.3 is 6.09 Å². The molecule has 2 saturated heterocycles. The van der Waals surface area contributed by atoms with Gasteiger partial charge in [0.15, 0.2) is 0 Å². The summed E-state index contributed by atoms with van der Waals surface area (Å²) in [6, 6.07) is 3.90. The van der Waals surface area contributed by atoms with E-state index in [4.69, 9.17) is 4.74 Å². The van der Waals surface area contributed by atoms with Crippen molar-refractivity contribution < 1.29 is 14.3 Å². The molecule has 0 saturated carbocycles. The fourth-order valence-corrected chi connectivity index (χ4v) is 4.05. The summed E-state index contributed by atoms with van der Waals surface area (Å²) in [4.78, 5) is 32.6. The number of hydrogen-bond acceptors (Lipinski definition) is 4. The molecular formula is C20H29N3O3. The molecule has 26 heavy (non-hydrogen) atoms. The highest BCUT2D eigenvalue weighted by atomic mass is 16.6. The molecule has 2 amide bonds. The second-order valence-corrected chi connectivity index (χ2v) is 7.60. The third-order valence-electron chi connectivity index (χ3n) is 5.51. The Labute approximate surface area is 155 Å². The molecule has 0 unspecified atom stereocenters. The summed E-state index contributed by atoms with van der Waals surface area (Å²) in [5, 5.41) is 0. The number of hydrogen-bond donors (Lipinski definition) is 0. The predicted octanol–water partition coefficient (Wildman–Crippen LogP) is 3.22. The molecule has 3 rings (SSSR count). The second kappa shape index (κ2) is 8.52. The molecule has 1 spiro atoms. The van der Waals surface area contributed by atoms with Gasteiger partial charge in [-0.1, -0.05) is 13.3 Å². The van der Waals surface area contributed by atoms with Crippen LogP contribution in [0.2, 0.25) is 0 Å². The first-order valence-electron chi connectivity index (χ1n) is 9.70. The van der Waals surface area contributed by atoms with Crippen LogP contribution in [0, 0.1) is 5.41 Å². The zero-order valence-corrected chi connectivity index (χ0v) is 15.7. The van der Waals surface area contributed by atoms with Crippen LogP contribution in [-0.4, -0.2) is 53.0 Å². The third-order valence-corrected chi connectivity index (χ3v) is 5.51. The van der Waals surface area contributed by atoms with Crippen LogP contribution < -0.4 is 0 Å². The van der Waals surface area contributed by atoms with Crippen molar-refractivity contribution in [3.8, 4) is 0 Å². The van der Waals surface area contributed by atoms with Crippen molar-refractivity contribution in [3.05, 3.63) is 30.1 Å². The highest BCUT2D eigenvalue weighted by molar-refractivity contribution is 5.77. The van der Waals surface area contributed by atoms with Crippen molar-refractivity contribution in [2.75, 3.05) is 26.2 Å². The van der Waals surface area contributed by atoms with Crippen LogP contribution in [0.15, 0.2) is 24.5 Å². The minimum Gasteiger partial charge on any atom is -0.449 e. The van der Waals surface area contributed by atoms with Gasteiger partial charge < -0.3 is 14.5 Å². The standard InChI is InChI=1S/C20H29N3O3/c1-2-3-13-26-19(25)22-12-4-8-20(15-22)9-5-18(24)23(16-20)14-17-6-10-21-11-7-17/h6-7,10-11H,2-5,8-9,12-16H2,1H3/t20-/m1/s1. The highest BCUT2D eigenvalue weighted by Gasteiger charge is 2.43. The number of likely N-dealkylation sites (tertiary alicyclic amines) is 2. The first-order chi connectivity index (χ1) is 12.6. The van der Waals surface area contributed by atoms with E-state index in [1.165, 1.54) is 0 Å². The number of carbonyl (C=O) groups is 2. The van der Waals surface area contributed by atoms with Gasteiger partial charge in [-0.2, -0.15) is 0 Å². The van der Waals surface area contributed by atoms with Gasteiger partial charge in [0.25, 0.3) is 0 Å². The van der Waals surface area contributed by atoms with E-state index in [0.717, 1.165) is 44.2 Å². The average molecular weight is 359 g/mol. The molecule has 3 heterocycles. The van der Waals surface area contributed by atoms with E-state index in [9.17, 15) is 9.59 Å². The number of carbonyl (C=O) groups excluding carboxylic acids is 2. The van der Waals surface area contributed by atoms with Gasteiger partial charge in [0.1, 0.15) is 0 Å². The average Bonchev–Trinajstić information content (AvgIpc) is 2.66. The number of piperidine rings is 2. The largest absolute Gasteiger partial charge is 0.449 e. The molecule has 6 heteroatoms. The number of unbranched alkanes of at least 4 members (excludes halogenated alkanes) is 1. The Kier molecular flexibility index (Phi) is 6.12. The van der Waals surface area contributed by atoms with Crippen molar-refractivity contribution in [1.82, 2.24) is 14.8 Å². The van der Waals surface area contributed by atoms with Crippen molar-refractivity contribution >= 4 is 12.0 Å². The Bertz CT molecular complexity index is 622. The molecule has 2 aliphatic rings. The topological polar surface area (TPSA) is 62.7 Å². The number of ether oxygens (including phenoxy) is 1. The Balaban J connectivity index is 1.62. The monoisotopic (exact) mass is 359 g/mol. The molecule has 1 aromatic heterocycles. The van der Waals surface area contributed by atoms with Gasteiger partial charge in [0.2, 0.25) is 5.91 Å². The summed E-state index contributed by atoms with van der Waals surface area (Å²) in [5.74, 6) is 0.204. The molecule has 0 bridgehead atoms. The van der Waals surface area contributed by atoms with Gasteiger partial charge in [-0.05, 0) is 43.4 Å². The first kappa shape index (κ1) is 18.7. The molecule has 142 valence electrons. The third kappa shape index (κ3) is 4.54. The lowest BCUT2D eigenvalue weighted by Gasteiger charge is -2.47. The summed E-state index contributed by atoms with van der Waals surface area (Å²) in [6.07, 6.45) is 8.69. The van der Waals surface area contributed by atoms with Crippen LogP contribution in [0.4, 0.5) is 4.79 Å². The maximum atomic E-state index is 12.4. The van der Waals surface area contributed by atoms with Crippen LogP contribution in [0.5, 0.6) is 0 Å². The van der Waals surface area contributed by atoms with E-state index >= 15 is 0 Å². The van der Waals surface area contributed by atoms with E-state index in [2.05, 4.69) is 11.9 Å². The van der Waals surface area contributed by atoms with E-state index in [1.807, 2.05) is 21.9 Å². The minimum atomic E-state index is -0.199. The van der Waals surface area contributed by atoms with Gasteiger partial charge in [0.05, 0.1) is 6.61 Å². The smallest absolute Gasteiger partial charge is 0.409 e. The summed E-state index contributed by atoms with van der Waals surface area (Å²) in [7, 11) is 0. The maximum Gasteiger partial charge on any atom is 0.409 e. The second-order valence-electron chi connectivity index (χ2n) is 7.60. The lowest BCUT2D eigenvalue weighted by molar-refractivity contribution is -0.139. The molecular weight excluding hydrogens is 330 g/mol. The van der Waals surface area contributed by atoms with Crippen molar-refractivity contribution in [2.24, 2.45) is 5.41 Å². The summed E-state index contributed by atoms with van der Waals surface area (Å²) in [6.45, 7) is 5.35. The SMILES string of the molecule is CCCCOC(=O)N1CCC[C@@]2(CCC(=O)N(Cc3ccncc3)C2)C1. The molecule has 0 aromatic carbocycles. The predicted molar refractivity (Wildman–Crippen MR) is 98.4 cm³/mol. The quantitative estimate of drug-likeness (QED) is 0.757. The maximum absolute atomic E-state index is 12.4. The van der Waals surface area contributed by atoms with Gasteiger partial charge in [-0.3, -0.25) is 9.78 Å². The highest BCUT2D eigenvalue weighted by Crippen LogP contribution is 2.39. The molecule has 1 aromatic rings. The van der Waals surface area contributed by atoms with Crippen LogP contribution in [0.3, 0.4) is 0 Å². The number of amides is 2. The molecule has 2 aliphatic heterocycles. The van der Waals surface area contributed by atoms with Crippen molar-refractivity contribution in [3.63, 3.8) is 0 Å². The van der Waals surface area contributed by atoms with Crippen LogP contribution >= 0.6 is 0 Å². The molecule has 0 aliphatic carbocycles. The Morgan fingerprint density at radius 2 is 2.08 bits per heavy atom.